The zero-order valence-electron chi connectivity index (χ0n) is 7.92. The van der Waals surface area contributed by atoms with Gasteiger partial charge in [-0.15, -0.1) is 0 Å². The molecule has 0 atom stereocenters. The maximum Gasteiger partial charge on any atom is 0.190 e. The number of anilines is 1. The van der Waals surface area contributed by atoms with Crippen molar-refractivity contribution < 1.29 is 9.53 Å². The summed E-state index contributed by atoms with van der Waals surface area (Å²) in [6.07, 6.45) is 0. The van der Waals surface area contributed by atoms with Crippen LogP contribution in [0.3, 0.4) is 0 Å². The van der Waals surface area contributed by atoms with E-state index in [0.717, 1.165) is 0 Å². The van der Waals surface area contributed by atoms with Crippen LogP contribution in [0, 0.1) is 0 Å². The van der Waals surface area contributed by atoms with Crippen molar-refractivity contribution in [3.63, 3.8) is 0 Å². The van der Waals surface area contributed by atoms with E-state index in [2.05, 4.69) is 0 Å². The van der Waals surface area contributed by atoms with Gasteiger partial charge in [0.15, 0.2) is 5.78 Å². The molecule has 14 heavy (non-hydrogen) atoms. The third kappa shape index (κ3) is 2.72. The van der Waals surface area contributed by atoms with Gasteiger partial charge in [-0.3, -0.25) is 4.79 Å². The highest BCUT2D eigenvalue weighted by Crippen LogP contribution is 2.18. The van der Waals surface area contributed by atoms with Gasteiger partial charge in [0.2, 0.25) is 0 Å². The largest absolute Gasteiger partial charge is 0.398 e. The third-order valence-electron chi connectivity index (χ3n) is 1.75. The Morgan fingerprint density at radius 1 is 1.57 bits per heavy atom. The summed E-state index contributed by atoms with van der Waals surface area (Å²) in [6, 6.07) is 4.80. The number of Topliss-reactive ketones (excluding diaryl/α,β-unsaturated/α-hetero) is 1. The standard InChI is InChI=1S/C10H12ClNO2/c1-2-14-6-10(13)8-4-3-7(11)5-9(8)12/h3-5H,2,6,12H2,1H3. The molecular formula is C10H12ClNO2. The van der Waals surface area contributed by atoms with Crippen molar-refractivity contribution in [1.29, 1.82) is 0 Å². The quantitative estimate of drug-likeness (QED) is 0.616. The number of hydrogen-bond acceptors (Lipinski definition) is 3. The first-order valence-corrected chi connectivity index (χ1v) is 4.69. The van der Waals surface area contributed by atoms with E-state index in [0.29, 0.717) is 22.9 Å². The molecule has 0 bridgehead atoms. The van der Waals surface area contributed by atoms with E-state index in [1.54, 1.807) is 18.2 Å². The number of rotatable bonds is 4. The van der Waals surface area contributed by atoms with Crippen LogP contribution in [0.2, 0.25) is 5.02 Å². The number of nitrogen functional groups attached to an aromatic ring is 1. The van der Waals surface area contributed by atoms with Crippen LogP contribution < -0.4 is 5.73 Å². The van der Waals surface area contributed by atoms with Gasteiger partial charge in [-0.2, -0.15) is 0 Å². The molecule has 0 fully saturated rings. The molecule has 0 aromatic heterocycles. The van der Waals surface area contributed by atoms with Crippen LogP contribution in [-0.2, 0) is 4.74 Å². The molecule has 0 aliphatic heterocycles. The first-order chi connectivity index (χ1) is 6.65. The van der Waals surface area contributed by atoms with Crippen molar-refractivity contribution >= 4 is 23.1 Å². The van der Waals surface area contributed by atoms with E-state index >= 15 is 0 Å². The van der Waals surface area contributed by atoms with Crippen molar-refractivity contribution in [2.75, 3.05) is 18.9 Å². The third-order valence-corrected chi connectivity index (χ3v) is 1.99. The van der Waals surface area contributed by atoms with Crippen molar-refractivity contribution in [2.45, 2.75) is 6.92 Å². The minimum absolute atomic E-state index is 0.0579. The van der Waals surface area contributed by atoms with Crippen molar-refractivity contribution in [3.05, 3.63) is 28.8 Å². The highest BCUT2D eigenvalue weighted by Gasteiger charge is 2.09. The minimum Gasteiger partial charge on any atom is -0.398 e. The highest BCUT2D eigenvalue weighted by atomic mass is 35.5. The fourth-order valence-corrected chi connectivity index (χ4v) is 1.24. The number of carbonyl (C=O) groups is 1. The molecule has 0 amide bonds. The average Bonchev–Trinajstić information content (AvgIpc) is 2.14. The van der Waals surface area contributed by atoms with Gasteiger partial charge in [-0.25, -0.2) is 0 Å². The van der Waals surface area contributed by atoms with Crippen LogP contribution in [0.4, 0.5) is 5.69 Å². The summed E-state index contributed by atoms with van der Waals surface area (Å²) in [5.74, 6) is -0.124. The molecule has 0 aliphatic rings. The van der Waals surface area contributed by atoms with Gasteiger partial charge < -0.3 is 10.5 Å². The number of ketones is 1. The predicted molar refractivity (Wildman–Crippen MR) is 56.7 cm³/mol. The number of halogens is 1. The van der Waals surface area contributed by atoms with E-state index in [-0.39, 0.29) is 12.4 Å². The lowest BCUT2D eigenvalue weighted by Crippen LogP contribution is -2.11. The molecule has 76 valence electrons. The SMILES string of the molecule is CCOCC(=O)c1ccc(Cl)cc1N. The zero-order valence-corrected chi connectivity index (χ0v) is 8.67. The average molecular weight is 214 g/mol. The molecule has 0 unspecified atom stereocenters. The van der Waals surface area contributed by atoms with Crippen LogP contribution in [0.15, 0.2) is 18.2 Å². The molecule has 0 radical (unpaired) electrons. The molecule has 2 N–H and O–H groups in total. The Morgan fingerprint density at radius 3 is 2.86 bits per heavy atom. The van der Waals surface area contributed by atoms with Crippen molar-refractivity contribution in [1.82, 2.24) is 0 Å². The molecule has 0 saturated heterocycles. The molecule has 0 heterocycles. The fourth-order valence-electron chi connectivity index (χ4n) is 1.06. The molecule has 0 aliphatic carbocycles. The van der Waals surface area contributed by atoms with E-state index in [4.69, 9.17) is 22.1 Å². The summed E-state index contributed by atoms with van der Waals surface area (Å²) in [7, 11) is 0. The van der Waals surface area contributed by atoms with Gasteiger partial charge in [-0.1, -0.05) is 11.6 Å². The summed E-state index contributed by atoms with van der Waals surface area (Å²) in [6.45, 7) is 2.40. The summed E-state index contributed by atoms with van der Waals surface area (Å²) < 4.78 is 5.00. The molecule has 4 heteroatoms. The number of nitrogens with two attached hydrogens (primary N) is 1. The Labute approximate surface area is 87.8 Å². The first-order valence-electron chi connectivity index (χ1n) is 4.31. The molecule has 1 aromatic rings. The fraction of sp³-hybridized carbons (Fsp3) is 0.300. The van der Waals surface area contributed by atoms with Gasteiger partial charge in [0, 0.05) is 22.9 Å². The summed E-state index contributed by atoms with van der Waals surface area (Å²) in [4.78, 5) is 11.5. The molecule has 0 spiro atoms. The van der Waals surface area contributed by atoms with Crippen molar-refractivity contribution in [3.8, 4) is 0 Å². The predicted octanol–water partition coefficient (Wildman–Crippen LogP) is 2.14. The molecule has 3 nitrogen and oxygen atoms in total. The minimum atomic E-state index is -0.124. The summed E-state index contributed by atoms with van der Waals surface area (Å²) in [5, 5.41) is 0.524. The van der Waals surface area contributed by atoms with Gasteiger partial charge in [0.25, 0.3) is 0 Å². The zero-order chi connectivity index (χ0) is 10.6. The maximum atomic E-state index is 11.5. The molecule has 1 rings (SSSR count). The summed E-state index contributed by atoms with van der Waals surface area (Å²) >= 11 is 5.70. The Bertz CT molecular complexity index is 339. The molecular weight excluding hydrogens is 202 g/mol. The second-order valence-electron chi connectivity index (χ2n) is 2.79. The number of hydrogen-bond donors (Lipinski definition) is 1. The number of benzene rings is 1. The molecule has 1 aromatic carbocycles. The summed E-state index contributed by atoms with van der Waals surface area (Å²) in [5.41, 5.74) is 6.49. The Hall–Kier alpha value is -1.06. The smallest absolute Gasteiger partial charge is 0.190 e. The number of ether oxygens (including phenoxy) is 1. The van der Waals surface area contributed by atoms with Gasteiger partial charge in [-0.05, 0) is 25.1 Å². The van der Waals surface area contributed by atoms with E-state index in [1.807, 2.05) is 6.92 Å². The van der Waals surface area contributed by atoms with Crippen LogP contribution in [-0.4, -0.2) is 19.0 Å². The van der Waals surface area contributed by atoms with Crippen LogP contribution in [0.25, 0.3) is 0 Å². The van der Waals surface area contributed by atoms with Gasteiger partial charge in [0.05, 0.1) is 0 Å². The Balaban J connectivity index is 2.80. The topological polar surface area (TPSA) is 52.3 Å². The van der Waals surface area contributed by atoms with Crippen LogP contribution in [0.5, 0.6) is 0 Å². The first kappa shape index (κ1) is 11.0. The lowest BCUT2D eigenvalue weighted by atomic mass is 10.1. The Morgan fingerprint density at radius 2 is 2.29 bits per heavy atom. The van der Waals surface area contributed by atoms with E-state index in [9.17, 15) is 4.79 Å². The van der Waals surface area contributed by atoms with Crippen LogP contribution >= 0.6 is 11.6 Å². The van der Waals surface area contributed by atoms with Crippen molar-refractivity contribution in [2.24, 2.45) is 0 Å². The van der Waals surface area contributed by atoms with E-state index < -0.39 is 0 Å². The normalized spacial score (nSPS) is 10.1. The van der Waals surface area contributed by atoms with E-state index in [1.165, 1.54) is 0 Å². The van der Waals surface area contributed by atoms with Gasteiger partial charge in [0.1, 0.15) is 6.61 Å². The van der Waals surface area contributed by atoms with Gasteiger partial charge >= 0.3 is 0 Å². The monoisotopic (exact) mass is 213 g/mol. The van der Waals surface area contributed by atoms with Crippen LogP contribution in [0.1, 0.15) is 17.3 Å². The molecule has 0 saturated carbocycles. The maximum absolute atomic E-state index is 11.5. The lowest BCUT2D eigenvalue weighted by Gasteiger charge is -2.04. The Kier molecular flexibility index (Phi) is 3.92. The lowest BCUT2D eigenvalue weighted by molar-refractivity contribution is 0.0784. The number of carbonyl (C=O) groups excluding carboxylic acids is 1. The second-order valence-corrected chi connectivity index (χ2v) is 3.23. The second kappa shape index (κ2) is 4.98. The highest BCUT2D eigenvalue weighted by molar-refractivity contribution is 6.31.